The number of para-hydroxylation sites is 1. The predicted molar refractivity (Wildman–Crippen MR) is 169 cm³/mol. The molecule has 50 heavy (non-hydrogen) atoms. The van der Waals surface area contributed by atoms with Crippen molar-refractivity contribution in [2.24, 2.45) is 0 Å². The second-order valence-electron chi connectivity index (χ2n) is 10.0. The zero-order valence-electron chi connectivity index (χ0n) is 27.4. The summed E-state index contributed by atoms with van der Waals surface area (Å²) >= 11 is 0. The van der Waals surface area contributed by atoms with Crippen molar-refractivity contribution in [3.8, 4) is 0 Å². The molecule has 0 aliphatic heterocycles. The van der Waals surface area contributed by atoms with E-state index in [1.807, 2.05) is 0 Å². The molecular weight excluding hydrogens is 675 g/mol. The summed E-state index contributed by atoms with van der Waals surface area (Å²) in [5, 5.41) is 11.3. The number of nitrogens with one attached hydrogen (secondary N) is 1. The van der Waals surface area contributed by atoms with Gasteiger partial charge < -0.3 is 48.3 Å². The van der Waals surface area contributed by atoms with Gasteiger partial charge in [-0.3, -0.25) is 9.59 Å². The highest BCUT2D eigenvalue weighted by Crippen LogP contribution is 2.32. The predicted octanol–water partition coefficient (Wildman–Crippen LogP) is 3.68. The number of rotatable bonds is 28. The Morgan fingerprint density at radius 2 is 1.08 bits per heavy atom. The zero-order valence-corrected chi connectivity index (χ0v) is 27.4. The zero-order chi connectivity index (χ0) is 36.5. The van der Waals surface area contributed by atoms with Gasteiger partial charge in [0.05, 0.1) is 103 Å². The highest BCUT2D eigenvalue weighted by Gasteiger charge is 2.30. The Morgan fingerprint density at radius 3 is 1.58 bits per heavy atom. The van der Waals surface area contributed by atoms with Crippen LogP contribution in [0.5, 0.6) is 0 Å². The van der Waals surface area contributed by atoms with E-state index in [4.69, 9.17) is 43.0 Å². The van der Waals surface area contributed by atoms with Gasteiger partial charge in [-0.05, 0) is 30.3 Å². The van der Waals surface area contributed by atoms with Crippen LogP contribution >= 0.6 is 0 Å². The minimum atomic E-state index is -4.49. The van der Waals surface area contributed by atoms with Gasteiger partial charge in [-0.25, -0.2) is 9.59 Å². The fourth-order valence-corrected chi connectivity index (χ4v) is 3.78. The molecule has 2 rings (SSSR count). The number of ketones is 1. The van der Waals surface area contributed by atoms with Crippen molar-refractivity contribution in [1.82, 2.24) is 0 Å². The van der Waals surface area contributed by atoms with E-state index in [1.54, 1.807) is 18.2 Å². The van der Waals surface area contributed by atoms with Gasteiger partial charge in [0.2, 0.25) is 5.78 Å². The van der Waals surface area contributed by atoms with Crippen molar-refractivity contribution in [2.75, 3.05) is 97.8 Å². The number of aliphatic carboxylic acids is 1. The molecule has 14 nitrogen and oxygen atoms in total. The molecule has 0 amide bonds. The molecule has 0 atom stereocenters. The number of carboxylic acids is 1. The maximum Gasteiger partial charge on any atom is 0.416 e. The quantitative estimate of drug-likeness (QED) is 0.0741. The maximum absolute atomic E-state index is 13.0. The SMILES string of the molecule is O=C(CCC(=O)C(=O)O)OCCOCCOCCOCCOCCOCCOCCOC(=O)c1ccccc1Nc1cccc(C(F)(F)F)c1. The number of Topliss-reactive ketones (excluding diaryl/α,β-unsaturated/α-hetero) is 1. The van der Waals surface area contributed by atoms with Crippen LogP contribution in [-0.2, 0) is 58.5 Å². The number of anilines is 2. The van der Waals surface area contributed by atoms with E-state index >= 15 is 0 Å². The summed E-state index contributed by atoms with van der Waals surface area (Å²) in [5.41, 5.74) is -0.156. The smallest absolute Gasteiger partial charge is 0.416 e. The van der Waals surface area contributed by atoms with Crippen molar-refractivity contribution in [3.05, 3.63) is 59.7 Å². The average Bonchev–Trinajstić information content (AvgIpc) is 3.09. The average molecular weight is 718 g/mol. The fraction of sp³-hybridized carbons (Fsp3) is 0.515. The number of benzene rings is 2. The fourth-order valence-electron chi connectivity index (χ4n) is 3.78. The van der Waals surface area contributed by atoms with E-state index < -0.39 is 41.9 Å². The van der Waals surface area contributed by atoms with Gasteiger partial charge in [0, 0.05) is 12.1 Å². The summed E-state index contributed by atoms with van der Waals surface area (Å²) in [6, 6.07) is 11.0. The first kappa shape index (κ1) is 42.0. The number of hydrogen-bond donors (Lipinski definition) is 2. The Hall–Kier alpha value is -4.13. The number of carbonyl (C=O) groups is 4. The second kappa shape index (κ2) is 24.9. The lowest BCUT2D eigenvalue weighted by molar-refractivity contribution is -0.151. The molecule has 0 saturated carbocycles. The first-order chi connectivity index (χ1) is 24.1. The number of esters is 2. The molecule has 17 heteroatoms. The molecule has 0 heterocycles. The monoisotopic (exact) mass is 717 g/mol. The lowest BCUT2D eigenvalue weighted by atomic mass is 10.1. The molecule has 0 unspecified atom stereocenters. The van der Waals surface area contributed by atoms with E-state index in [0.29, 0.717) is 58.5 Å². The molecule has 2 aromatic rings. The first-order valence-corrected chi connectivity index (χ1v) is 15.7. The molecule has 0 radical (unpaired) electrons. The topological polar surface area (TPSA) is 174 Å². The number of alkyl halides is 3. The van der Waals surface area contributed by atoms with Crippen molar-refractivity contribution in [2.45, 2.75) is 19.0 Å². The number of hydrogen-bond acceptors (Lipinski definition) is 13. The molecule has 278 valence electrons. The first-order valence-electron chi connectivity index (χ1n) is 15.7. The number of carbonyl (C=O) groups excluding carboxylic acids is 3. The summed E-state index contributed by atoms with van der Waals surface area (Å²) in [6.45, 7) is 3.56. The van der Waals surface area contributed by atoms with Gasteiger partial charge in [0.15, 0.2) is 0 Å². The molecule has 2 aromatic carbocycles. The Balaban J connectivity index is 1.36. The van der Waals surface area contributed by atoms with E-state index in [1.165, 1.54) is 18.2 Å². The lowest BCUT2D eigenvalue weighted by Gasteiger charge is -2.13. The van der Waals surface area contributed by atoms with Gasteiger partial charge in [0.1, 0.15) is 13.2 Å². The number of carboxylic acid groups (broad SMARTS) is 1. The van der Waals surface area contributed by atoms with Crippen LogP contribution in [0.3, 0.4) is 0 Å². The molecule has 2 N–H and O–H groups in total. The third-order valence-corrected chi connectivity index (χ3v) is 6.22. The minimum Gasteiger partial charge on any atom is -0.476 e. The summed E-state index contributed by atoms with van der Waals surface area (Å²) in [5.74, 6) is -3.95. The van der Waals surface area contributed by atoms with Crippen LogP contribution in [0.15, 0.2) is 48.5 Å². The van der Waals surface area contributed by atoms with Crippen LogP contribution in [-0.4, -0.2) is 121 Å². The van der Waals surface area contributed by atoms with Crippen LogP contribution in [0.25, 0.3) is 0 Å². The van der Waals surface area contributed by atoms with Gasteiger partial charge in [0.25, 0.3) is 0 Å². The largest absolute Gasteiger partial charge is 0.476 e. The normalized spacial score (nSPS) is 11.3. The Kier molecular flexibility index (Phi) is 21.0. The highest BCUT2D eigenvalue weighted by atomic mass is 19.4. The molecule has 0 spiro atoms. The van der Waals surface area contributed by atoms with Crippen molar-refractivity contribution < 1.29 is 75.4 Å². The lowest BCUT2D eigenvalue weighted by Crippen LogP contribution is -2.17. The molecule has 0 bridgehead atoms. The van der Waals surface area contributed by atoms with Crippen LogP contribution in [0.2, 0.25) is 0 Å². The van der Waals surface area contributed by atoms with Crippen molar-refractivity contribution >= 4 is 35.1 Å². The maximum atomic E-state index is 13.0. The van der Waals surface area contributed by atoms with Crippen molar-refractivity contribution in [1.29, 1.82) is 0 Å². The highest BCUT2D eigenvalue weighted by molar-refractivity contribution is 6.32. The number of ether oxygens (including phenoxy) is 8. The Morgan fingerprint density at radius 1 is 0.600 bits per heavy atom. The van der Waals surface area contributed by atoms with Gasteiger partial charge in [-0.15, -0.1) is 0 Å². The molecular formula is C33H42F3NO13. The van der Waals surface area contributed by atoms with Crippen molar-refractivity contribution in [3.63, 3.8) is 0 Å². The van der Waals surface area contributed by atoms with Crippen LogP contribution in [0.1, 0.15) is 28.8 Å². The third-order valence-electron chi connectivity index (χ3n) is 6.22. The second-order valence-corrected chi connectivity index (χ2v) is 10.0. The summed E-state index contributed by atoms with van der Waals surface area (Å²) in [6.07, 6.45) is -5.20. The van der Waals surface area contributed by atoms with Gasteiger partial charge in [-0.1, -0.05) is 18.2 Å². The van der Waals surface area contributed by atoms with E-state index in [-0.39, 0.29) is 57.3 Å². The molecule has 0 fully saturated rings. The third kappa shape index (κ3) is 19.2. The van der Waals surface area contributed by atoms with Crippen LogP contribution in [0, 0.1) is 0 Å². The summed E-state index contributed by atoms with van der Waals surface area (Å²) in [7, 11) is 0. The Labute approximate surface area is 287 Å². The summed E-state index contributed by atoms with van der Waals surface area (Å²) < 4.78 is 81.3. The number of halogens is 3. The molecule has 0 aliphatic carbocycles. The minimum absolute atomic E-state index is 0.0153. The van der Waals surface area contributed by atoms with E-state index in [9.17, 15) is 32.3 Å². The standard InChI is InChI=1S/C33H42F3NO13/c34-33(35,36)25-4-3-5-26(24-25)37-28-7-2-1-6-27(28)32(42)50-23-21-48-19-17-46-15-13-44-11-10-43-12-14-45-16-18-47-20-22-49-30(39)9-8-29(38)31(40)41/h1-7,24,37H,8-23H2,(H,40,41). The van der Waals surface area contributed by atoms with Gasteiger partial charge in [-0.2, -0.15) is 13.2 Å². The molecule has 0 aliphatic rings. The van der Waals surface area contributed by atoms with Gasteiger partial charge >= 0.3 is 24.1 Å². The molecule has 0 aromatic heterocycles. The van der Waals surface area contributed by atoms with Crippen LogP contribution in [0.4, 0.5) is 24.5 Å². The van der Waals surface area contributed by atoms with E-state index in [2.05, 4.69) is 5.32 Å². The molecule has 0 saturated heterocycles. The summed E-state index contributed by atoms with van der Waals surface area (Å²) in [4.78, 5) is 45.2. The van der Waals surface area contributed by atoms with Crippen LogP contribution < -0.4 is 5.32 Å². The van der Waals surface area contributed by atoms with E-state index in [0.717, 1.165) is 12.1 Å². The Bertz CT molecular complexity index is 1310.